The highest BCUT2D eigenvalue weighted by Crippen LogP contribution is 2.05. The first-order valence-corrected chi connectivity index (χ1v) is 7.67. The van der Waals surface area contributed by atoms with Gasteiger partial charge in [-0.25, -0.2) is 0 Å². The lowest BCUT2D eigenvalue weighted by Crippen LogP contribution is -2.38. The van der Waals surface area contributed by atoms with E-state index in [1.807, 2.05) is 18.2 Å². The van der Waals surface area contributed by atoms with Gasteiger partial charge in [-0.15, -0.1) is 0 Å². The largest absolute Gasteiger partial charge is 0.356 e. The van der Waals surface area contributed by atoms with Crippen LogP contribution in [0.5, 0.6) is 0 Å². The van der Waals surface area contributed by atoms with Crippen LogP contribution in [0.4, 0.5) is 0 Å². The van der Waals surface area contributed by atoms with E-state index in [1.165, 1.54) is 0 Å². The molecule has 2 rings (SSSR count). The SMILES string of the molecule is CN=C(NCCc1cccc(C(=O)NC)c1)NCc1noc(C)n1. The molecule has 0 aliphatic rings. The van der Waals surface area contributed by atoms with E-state index < -0.39 is 0 Å². The number of hydrogen-bond acceptors (Lipinski definition) is 5. The number of amides is 1. The number of rotatable bonds is 6. The quantitative estimate of drug-likeness (QED) is 0.530. The van der Waals surface area contributed by atoms with Crippen molar-refractivity contribution in [3.8, 4) is 0 Å². The first-order valence-electron chi connectivity index (χ1n) is 7.67. The van der Waals surface area contributed by atoms with E-state index in [0.29, 0.717) is 36.3 Å². The highest BCUT2D eigenvalue weighted by Gasteiger charge is 2.05. The summed E-state index contributed by atoms with van der Waals surface area (Å²) in [4.78, 5) is 19.9. The number of benzene rings is 1. The molecule has 0 fully saturated rings. The Labute approximate surface area is 140 Å². The Morgan fingerprint density at radius 3 is 2.83 bits per heavy atom. The zero-order valence-corrected chi connectivity index (χ0v) is 14.1. The third kappa shape index (κ3) is 5.08. The molecule has 0 radical (unpaired) electrons. The summed E-state index contributed by atoms with van der Waals surface area (Å²) >= 11 is 0. The van der Waals surface area contributed by atoms with Crippen molar-refractivity contribution in [3.63, 3.8) is 0 Å². The molecule has 3 N–H and O–H groups in total. The van der Waals surface area contributed by atoms with Crippen molar-refractivity contribution >= 4 is 11.9 Å². The topological polar surface area (TPSA) is 104 Å². The first kappa shape index (κ1) is 17.5. The summed E-state index contributed by atoms with van der Waals surface area (Å²) in [5.41, 5.74) is 1.73. The third-order valence-electron chi connectivity index (χ3n) is 3.33. The monoisotopic (exact) mass is 330 g/mol. The van der Waals surface area contributed by atoms with Gasteiger partial charge < -0.3 is 20.5 Å². The van der Waals surface area contributed by atoms with Gasteiger partial charge in [0.1, 0.15) is 0 Å². The summed E-state index contributed by atoms with van der Waals surface area (Å²) in [7, 11) is 3.32. The Balaban J connectivity index is 1.80. The van der Waals surface area contributed by atoms with Crippen LogP contribution in [-0.2, 0) is 13.0 Å². The van der Waals surface area contributed by atoms with Gasteiger partial charge in [0, 0.05) is 33.1 Å². The maximum absolute atomic E-state index is 11.6. The van der Waals surface area contributed by atoms with E-state index >= 15 is 0 Å². The minimum absolute atomic E-state index is 0.0855. The van der Waals surface area contributed by atoms with Crippen molar-refractivity contribution in [2.45, 2.75) is 19.9 Å². The molecule has 0 spiro atoms. The lowest BCUT2D eigenvalue weighted by Gasteiger charge is -2.11. The van der Waals surface area contributed by atoms with E-state index in [2.05, 4.69) is 31.1 Å². The van der Waals surface area contributed by atoms with Crippen LogP contribution in [0, 0.1) is 6.92 Å². The van der Waals surface area contributed by atoms with E-state index in [0.717, 1.165) is 12.0 Å². The van der Waals surface area contributed by atoms with Gasteiger partial charge in [-0.3, -0.25) is 9.79 Å². The van der Waals surface area contributed by atoms with Crippen LogP contribution in [0.15, 0.2) is 33.8 Å². The predicted molar refractivity (Wildman–Crippen MR) is 90.8 cm³/mol. The molecule has 0 unspecified atom stereocenters. The number of hydrogen-bond donors (Lipinski definition) is 3. The predicted octanol–water partition coefficient (Wildman–Crippen LogP) is 0.645. The molecule has 128 valence electrons. The minimum Gasteiger partial charge on any atom is -0.356 e. The van der Waals surface area contributed by atoms with Gasteiger partial charge in [0.15, 0.2) is 11.8 Å². The molecule has 0 aliphatic heterocycles. The van der Waals surface area contributed by atoms with Crippen LogP contribution in [0.25, 0.3) is 0 Å². The van der Waals surface area contributed by atoms with E-state index in [1.54, 1.807) is 27.1 Å². The van der Waals surface area contributed by atoms with Crippen LogP contribution in [0.3, 0.4) is 0 Å². The molecule has 0 saturated heterocycles. The Hall–Kier alpha value is -2.90. The smallest absolute Gasteiger partial charge is 0.251 e. The third-order valence-corrected chi connectivity index (χ3v) is 3.33. The lowest BCUT2D eigenvalue weighted by atomic mass is 10.1. The number of aryl methyl sites for hydroxylation is 1. The zero-order valence-electron chi connectivity index (χ0n) is 14.1. The molecule has 0 saturated carbocycles. The Bertz CT molecular complexity index is 710. The van der Waals surface area contributed by atoms with Crippen LogP contribution < -0.4 is 16.0 Å². The van der Waals surface area contributed by atoms with E-state index in [4.69, 9.17) is 4.52 Å². The minimum atomic E-state index is -0.0855. The number of carbonyl (C=O) groups is 1. The van der Waals surface area contributed by atoms with Crippen molar-refractivity contribution in [2.75, 3.05) is 20.6 Å². The fraction of sp³-hybridized carbons (Fsp3) is 0.375. The highest BCUT2D eigenvalue weighted by molar-refractivity contribution is 5.94. The van der Waals surface area contributed by atoms with Crippen molar-refractivity contribution in [1.29, 1.82) is 0 Å². The fourth-order valence-electron chi connectivity index (χ4n) is 2.13. The molecule has 0 aliphatic carbocycles. The van der Waals surface area contributed by atoms with E-state index in [-0.39, 0.29) is 5.91 Å². The summed E-state index contributed by atoms with van der Waals surface area (Å²) < 4.78 is 4.92. The van der Waals surface area contributed by atoms with Crippen molar-refractivity contribution in [1.82, 2.24) is 26.1 Å². The van der Waals surface area contributed by atoms with Crippen molar-refractivity contribution in [2.24, 2.45) is 4.99 Å². The molecule has 1 amide bonds. The van der Waals surface area contributed by atoms with Crippen LogP contribution in [0.1, 0.15) is 27.6 Å². The number of nitrogens with one attached hydrogen (secondary N) is 3. The van der Waals surface area contributed by atoms with Crippen LogP contribution >= 0.6 is 0 Å². The zero-order chi connectivity index (χ0) is 17.4. The molecule has 1 aromatic heterocycles. The molecule has 0 bridgehead atoms. The van der Waals surface area contributed by atoms with Gasteiger partial charge in [-0.2, -0.15) is 4.98 Å². The molecule has 1 aromatic carbocycles. The molecule has 0 atom stereocenters. The van der Waals surface area contributed by atoms with Gasteiger partial charge in [0.2, 0.25) is 5.89 Å². The molecule has 8 heteroatoms. The normalized spacial score (nSPS) is 11.2. The van der Waals surface area contributed by atoms with Gasteiger partial charge in [-0.1, -0.05) is 17.3 Å². The summed E-state index contributed by atoms with van der Waals surface area (Å²) in [6, 6.07) is 7.56. The van der Waals surface area contributed by atoms with E-state index in [9.17, 15) is 4.79 Å². The van der Waals surface area contributed by atoms with Crippen LogP contribution in [0.2, 0.25) is 0 Å². The maximum Gasteiger partial charge on any atom is 0.251 e. The average molecular weight is 330 g/mol. The summed E-state index contributed by atoms with van der Waals surface area (Å²) in [6.07, 6.45) is 0.771. The van der Waals surface area contributed by atoms with Crippen molar-refractivity contribution in [3.05, 3.63) is 47.1 Å². The number of aromatic nitrogens is 2. The summed E-state index contributed by atoms with van der Waals surface area (Å²) in [5.74, 6) is 1.68. The number of carbonyl (C=O) groups excluding carboxylic acids is 1. The average Bonchev–Trinajstić information content (AvgIpc) is 3.02. The Kier molecular flexibility index (Phi) is 6.30. The Morgan fingerprint density at radius 1 is 1.33 bits per heavy atom. The molecule has 1 heterocycles. The number of nitrogens with zero attached hydrogens (tertiary/aromatic N) is 3. The second kappa shape index (κ2) is 8.66. The lowest BCUT2D eigenvalue weighted by molar-refractivity contribution is 0.0963. The Morgan fingerprint density at radius 2 is 2.17 bits per heavy atom. The molecule has 24 heavy (non-hydrogen) atoms. The van der Waals surface area contributed by atoms with Gasteiger partial charge in [-0.05, 0) is 24.1 Å². The summed E-state index contributed by atoms with van der Waals surface area (Å²) in [5, 5.41) is 12.8. The summed E-state index contributed by atoms with van der Waals surface area (Å²) in [6.45, 7) is 2.86. The first-order chi connectivity index (χ1) is 11.6. The fourth-order valence-corrected chi connectivity index (χ4v) is 2.13. The van der Waals surface area contributed by atoms with Gasteiger partial charge >= 0.3 is 0 Å². The second-order valence-electron chi connectivity index (χ2n) is 5.11. The molecular formula is C16H22N6O2. The van der Waals surface area contributed by atoms with Crippen LogP contribution in [-0.4, -0.2) is 42.6 Å². The highest BCUT2D eigenvalue weighted by atomic mass is 16.5. The maximum atomic E-state index is 11.6. The number of aliphatic imine (C=N–C) groups is 1. The molecular weight excluding hydrogens is 308 g/mol. The number of guanidine groups is 1. The molecule has 2 aromatic rings. The second-order valence-corrected chi connectivity index (χ2v) is 5.11. The van der Waals surface area contributed by atoms with Gasteiger partial charge in [0.25, 0.3) is 5.91 Å². The molecule has 8 nitrogen and oxygen atoms in total. The van der Waals surface area contributed by atoms with Crippen molar-refractivity contribution < 1.29 is 9.32 Å². The standard InChI is InChI=1S/C16H22N6O2/c1-11-21-14(22-24-11)10-20-16(18-3)19-8-7-12-5-4-6-13(9-12)15(23)17-2/h4-6,9H,7-8,10H2,1-3H3,(H,17,23)(H2,18,19,20). The van der Waals surface area contributed by atoms with Gasteiger partial charge in [0.05, 0.1) is 6.54 Å².